The number of hydrogen-bond acceptors (Lipinski definition) is 4. The molecule has 0 saturated heterocycles. The highest BCUT2D eigenvalue weighted by atomic mass is 16.5. The van der Waals surface area contributed by atoms with Crippen molar-refractivity contribution in [3.8, 4) is 11.4 Å². The molecule has 0 bridgehead atoms. The zero-order valence-corrected chi connectivity index (χ0v) is 10.2. The van der Waals surface area contributed by atoms with Crippen LogP contribution in [0.25, 0.3) is 11.4 Å². The lowest BCUT2D eigenvalue weighted by molar-refractivity contribution is 0.0991. The molecule has 1 amide bonds. The van der Waals surface area contributed by atoms with Gasteiger partial charge >= 0.3 is 0 Å². The first-order chi connectivity index (χ1) is 8.61. The van der Waals surface area contributed by atoms with Gasteiger partial charge in [0.1, 0.15) is 0 Å². The number of nitrogens with zero attached hydrogens (tertiary/aromatic N) is 2. The predicted octanol–water partition coefficient (Wildman–Crippen LogP) is 1.28. The Morgan fingerprint density at radius 1 is 1.39 bits per heavy atom. The van der Waals surface area contributed by atoms with Crippen molar-refractivity contribution in [3.63, 3.8) is 0 Å². The number of aromatic amines is 1. The third-order valence-corrected chi connectivity index (χ3v) is 2.71. The zero-order chi connectivity index (χ0) is 13.1. The highest BCUT2D eigenvalue weighted by molar-refractivity contribution is 5.89. The summed E-state index contributed by atoms with van der Waals surface area (Å²) >= 11 is 0. The summed E-state index contributed by atoms with van der Waals surface area (Å²) in [6.07, 6.45) is 0.0346. The van der Waals surface area contributed by atoms with Gasteiger partial charge in [0.15, 0.2) is 5.82 Å². The molecule has 18 heavy (non-hydrogen) atoms. The van der Waals surface area contributed by atoms with Gasteiger partial charge in [0.25, 0.3) is 5.91 Å². The normalized spacial score (nSPS) is 12.3. The molecule has 0 radical (unpaired) electrons. The third-order valence-electron chi connectivity index (χ3n) is 2.71. The minimum absolute atomic E-state index is 0.0346. The summed E-state index contributed by atoms with van der Waals surface area (Å²) in [5, 5.41) is 6.43. The van der Waals surface area contributed by atoms with Crippen molar-refractivity contribution < 1.29 is 9.53 Å². The number of carbonyl (C=O) groups excluding carboxylic acids is 1. The van der Waals surface area contributed by atoms with E-state index in [1.165, 1.54) is 0 Å². The van der Waals surface area contributed by atoms with Crippen LogP contribution in [0.2, 0.25) is 0 Å². The maximum atomic E-state index is 10.9. The van der Waals surface area contributed by atoms with Gasteiger partial charge in [-0.1, -0.05) is 24.3 Å². The number of aromatic nitrogens is 3. The first-order valence-electron chi connectivity index (χ1n) is 5.47. The van der Waals surface area contributed by atoms with Crippen LogP contribution in [0.5, 0.6) is 0 Å². The lowest BCUT2D eigenvalue weighted by Crippen LogP contribution is -2.12. The molecule has 0 saturated carbocycles. The van der Waals surface area contributed by atoms with Gasteiger partial charge in [-0.2, -0.15) is 5.10 Å². The van der Waals surface area contributed by atoms with E-state index in [1.54, 1.807) is 7.11 Å². The van der Waals surface area contributed by atoms with E-state index in [0.29, 0.717) is 5.82 Å². The van der Waals surface area contributed by atoms with Crippen molar-refractivity contribution in [2.75, 3.05) is 7.11 Å². The maximum Gasteiger partial charge on any atom is 0.286 e. The van der Waals surface area contributed by atoms with E-state index in [9.17, 15) is 4.79 Å². The number of H-pyrrole nitrogens is 1. The summed E-state index contributed by atoms with van der Waals surface area (Å²) in [6, 6.07) is 7.62. The highest BCUT2D eigenvalue weighted by Gasteiger charge is 2.10. The average Bonchev–Trinajstić information content (AvgIpc) is 2.88. The second-order valence-corrected chi connectivity index (χ2v) is 3.87. The number of benzene rings is 1. The Balaban J connectivity index is 2.25. The van der Waals surface area contributed by atoms with E-state index in [-0.39, 0.29) is 11.9 Å². The molecule has 6 nitrogen and oxygen atoms in total. The number of ether oxygens (including phenoxy) is 1. The molecule has 6 heteroatoms. The first-order valence-corrected chi connectivity index (χ1v) is 5.47. The number of amides is 1. The Bertz CT molecular complexity index is 547. The van der Waals surface area contributed by atoms with Crippen LogP contribution >= 0.6 is 0 Å². The van der Waals surface area contributed by atoms with Crippen LogP contribution in [0.4, 0.5) is 0 Å². The highest BCUT2D eigenvalue weighted by Crippen LogP contribution is 2.20. The van der Waals surface area contributed by atoms with Crippen molar-refractivity contribution in [2.45, 2.75) is 13.0 Å². The predicted molar refractivity (Wildman–Crippen MR) is 65.8 cm³/mol. The molecule has 1 heterocycles. The standard InChI is InChI=1S/C12H14N4O2/c1-7(18-2)8-3-5-9(6-4-8)11-14-12(10(13)17)16-15-11/h3-7H,1-2H3,(H2,13,17)(H,14,15,16)/t7-/m1/s1. The number of rotatable bonds is 4. The summed E-state index contributed by atoms with van der Waals surface area (Å²) in [6.45, 7) is 1.97. The lowest BCUT2D eigenvalue weighted by atomic mass is 10.1. The van der Waals surface area contributed by atoms with Crippen LogP contribution in [0.15, 0.2) is 24.3 Å². The Morgan fingerprint density at radius 3 is 2.56 bits per heavy atom. The topological polar surface area (TPSA) is 93.9 Å². The van der Waals surface area contributed by atoms with Crippen LogP contribution in [0.1, 0.15) is 29.2 Å². The molecule has 3 N–H and O–H groups in total. The molecule has 0 aliphatic heterocycles. The van der Waals surface area contributed by atoms with Crippen molar-refractivity contribution in [1.29, 1.82) is 0 Å². The minimum Gasteiger partial charge on any atom is -0.377 e. The number of nitrogens with one attached hydrogen (secondary N) is 1. The number of hydrogen-bond donors (Lipinski definition) is 2. The van der Waals surface area contributed by atoms with Crippen molar-refractivity contribution in [1.82, 2.24) is 15.2 Å². The van der Waals surface area contributed by atoms with Crippen molar-refractivity contribution in [2.24, 2.45) is 5.73 Å². The molecule has 2 aromatic rings. The summed E-state index contributed by atoms with van der Waals surface area (Å²) in [7, 11) is 1.66. The van der Waals surface area contributed by atoms with E-state index >= 15 is 0 Å². The van der Waals surface area contributed by atoms with E-state index in [1.807, 2.05) is 31.2 Å². The largest absolute Gasteiger partial charge is 0.377 e. The second kappa shape index (κ2) is 4.97. The summed E-state index contributed by atoms with van der Waals surface area (Å²) in [5.74, 6) is -0.127. The van der Waals surface area contributed by atoms with Gasteiger partial charge in [0.2, 0.25) is 5.82 Å². The summed E-state index contributed by atoms with van der Waals surface area (Å²) < 4.78 is 5.22. The van der Waals surface area contributed by atoms with Crippen LogP contribution in [-0.4, -0.2) is 28.2 Å². The third kappa shape index (κ3) is 2.38. The molecule has 1 aromatic heterocycles. The van der Waals surface area contributed by atoms with Gasteiger partial charge in [-0.25, -0.2) is 4.98 Å². The van der Waals surface area contributed by atoms with Gasteiger partial charge in [-0.05, 0) is 12.5 Å². The van der Waals surface area contributed by atoms with Gasteiger partial charge in [-0.15, -0.1) is 0 Å². The van der Waals surface area contributed by atoms with Gasteiger partial charge < -0.3 is 10.5 Å². The van der Waals surface area contributed by atoms with Crippen LogP contribution in [0, 0.1) is 0 Å². The molecular formula is C12H14N4O2. The molecule has 94 valence electrons. The molecule has 1 atom stereocenters. The molecular weight excluding hydrogens is 232 g/mol. The van der Waals surface area contributed by atoms with E-state index in [2.05, 4.69) is 15.2 Å². The molecule has 2 rings (SSSR count). The summed E-state index contributed by atoms with van der Waals surface area (Å²) in [4.78, 5) is 14.9. The van der Waals surface area contributed by atoms with Gasteiger partial charge in [0.05, 0.1) is 6.10 Å². The number of methoxy groups -OCH3 is 1. The van der Waals surface area contributed by atoms with Crippen LogP contribution in [-0.2, 0) is 4.74 Å². The smallest absolute Gasteiger partial charge is 0.286 e. The van der Waals surface area contributed by atoms with Gasteiger partial charge in [-0.3, -0.25) is 9.89 Å². The van der Waals surface area contributed by atoms with Crippen molar-refractivity contribution in [3.05, 3.63) is 35.7 Å². The Hall–Kier alpha value is -2.21. The Kier molecular flexibility index (Phi) is 3.38. The molecule has 0 fully saturated rings. The van der Waals surface area contributed by atoms with Crippen LogP contribution < -0.4 is 5.73 Å². The average molecular weight is 246 g/mol. The molecule has 0 spiro atoms. The molecule has 0 aliphatic rings. The van der Waals surface area contributed by atoms with E-state index < -0.39 is 5.91 Å². The lowest BCUT2D eigenvalue weighted by Gasteiger charge is -2.09. The quantitative estimate of drug-likeness (QED) is 0.849. The maximum absolute atomic E-state index is 10.9. The fourth-order valence-corrected chi connectivity index (χ4v) is 1.54. The molecule has 0 unspecified atom stereocenters. The molecule has 1 aromatic carbocycles. The fraction of sp³-hybridized carbons (Fsp3) is 0.250. The minimum atomic E-state index is -0.627. The Morgan fingerprint density at radius 2 is 2.06 bits per heavy atom. The molecule has 0 aliphatic carbocycles. The number of nitrogens with two attached hydrogens (primary N) is 1. The van der Waals surface area contributed by atoms with Crippen LogP contribution in [0.3, 0.4) is 0 Å². The number of carbonyl (C=O) groups is 1. The second-order valence-electron chi connectivity index (χ2n) is 3.87. The van der Waals surface area contributed by atoms with Crippen molar-refractivity contribution >= 4 is 5.91 Å². The van der Waals surface area contributed by atoms with Gasteiger partial charge in [0, 0.05) is 12.7 Å². The SMILES string of the molecule is CO[C@H](C)c1ccc(-c2n[nH]c(C(N)=O)n2)cc1. The number of primary amides is 1. The van der Waals surface area contributed by atoms with E-state index in [0.717, 1.165) is 11.1 Å². The van der Waals surface area contributed by atoms with E-state index in [4.69, 9.17) is 10.5 Å². The summed E-state index contributed by atoms with van der Waals surface area (Å²) in [5.41, 5.74) is 6.97. The monoisotopic (exact) mass is 246 g/mol. The Labute approximate surface area is 104 Å². The fourth-order valence-electron chi connectivity index (χ4n) is 1.54. The first kappa shape index (κ1) is 12.3. The zero-order valence-electron chi connectivity index (χ0n) is 10.2.